The first-order chi connectivity index (χ1) is 8.56. The molecule has 0 radical (unpaired) electrons. The lowest BCUT2D eigenvalue weighted by atomic mass is 9.96. The standard InChI is InChI=1S/C13H9ClN2O2/c1-3-6-15-11-9(14)12(17)8-5-4-7(2)16-10(8)13(11)18/h1,4-5,15H,6H2,2H3. The van der Waals surface area contributed by atoms with Crippen LogP contribution in [-0.2, 0) is 0 Å². The van der Waals surface area contributed by atoms with Crippen LogP contribution in [0.1, 0.15) is 26.5 Å². The largest absolute Gasteiger partial charge is 0.370 e. The van der Waals surface area contributed by atoms with Crippen molar-refractivity contribution in [1.82, 2.24) is 10.3 Å². The van der Waals surface area contributed by atoms with Gasteiger partial charge in [0.15, 0.2) is 0 Å². The first-order valence-electron chi connectivity index (χ1n) is 5.20. The van der Waals surface area contributed by atoms with Crippen molar-refractivity contribution in [3.05, 3.63) is 39.8 Å². The molecule has 0 amide bonds. The van der Waals surface area contributed by atoms with Crippen LogP contribution in [0, 0.1) is 19.3 Å². The maximum atomic E-state index is 12.1. The number of rotatable bonds is 2. The molecule has 0 spiro atoms. The molecule has 1 heterocycles. The van der Waals surface area contributed by atoms with Crippen molar-refractivity contribution in [2.24, 2.45) is 0 Å². The fraction of sp³-hybridized carbons (Fsp3) is 0.154. The summed E-state index contributed by atoms with van der Waals surface area (Å²) in [6.07, 6.45) is 5.10. The van der Waals surface area contributed by atoms with Gasteiger partial charge >= 0.3 is 0 Å². The Morgan fingerprint density at radius 1 is 1.39 bits per heavy atom. The van der Waals surface area contributed by atoms with E-state index in [1.165, 1.54) is 0 Å². The molecule has 0 bridgehead atoms. The number of ketones is 2. The predicted octanol–water partition coefficient (Wildman–Crippen LogP) is 1.44. The molecule has 0 saturated heterocycles. The van der Waals surface area contributed by atoms with E-state index in [0.29, 0.717) is 5.69 Å². The third-order valence-electron chi connectivity index (χ3n) is 2.51. The lowest BCUT2D eigenvalue weighted by Crippen LogP contribution is -2.30. The molecule has 0 unspecified atom stereocenters. The number of pyridine rings is 1. The number of Topliss-reactive ketones (excluding diaryl/α,β-unsaturated/α-hetero) is 2. The van der Waals surface area contributed by atoms with Crippen LogP contribution in [0.15, 0.2) is 22.9 Å². The van der Waals surface area contributed by atoms with Gasteiger partial charge in [-0.25, -0.2) is 4.98 Å². The van der Waals surface area contributed by atoms with Gasteiger partial charge in [-0.3, -0.25) is 9.59 Å². The Kier molecular flexibility index (Phi) is 3.17. The van der Waals surface area contributed by atoms with E-state index in [1.807, 2.05) is 0 Å². The third kappa shape index (κ3) is 1.89. The molecule has 0 aliphatic heterocycles. The van der Waals surface area contributed by atoms with E-state index < -0.39 is 11.6 Å². The number of aromatic nitrogens is 1. The van der Waals surface area contributed by atoms with Crippen LogP contribution in [0.3, 0.4) is 0 Å². The number of nitrogens with zero attached hydrogens (tertiary/aromatic N) is 1. The molecule has 4 nitrogen and oxygen atoms in total. The number of allylic oxidation sites excluding steroid dienone is 2. The fourth-order valence-corrected chi connectivity index (χ4v) is 1.91. The quantitative estimate of drug-likeness (QED) is 0.818. The lowest BCUT2D eigenvalue weighted by Gasteiger charge is -2.17. The molecule has 90 valence electrons. The number of aryl methyl sites for hydroxylation is 1. The minimum Gasteiger partial charge on any atom is -0.370 e. The number of fused-ring (bicyclic) bond motifs is 1. The van der Waals surface area contributed by atoms with Gasteiger partial charge in [0, 0.05) is 5.69 Å². The van der Waals surface area contributed by atoms with E-state index in [1.54, 1.807) is 19.1 Å². The highest BCUT2D eigenvalue weighted by atomic mass is 35.5. The zero-order valence-corrected chi connectivity index (χ0v) is 10.3. The second-order valence-corrected chi connectivity index (χ2v) is 4.13. The minimum atomic E-state index is -0.418. The summed E-state index contributed by atoms with van der Waals surface area (Å²) in [6.45, 7) is 1.86. The number of halogens is 1. The van der Waals surface area contributed by atoms with E-state index in [-0.39, 0.29) is 28.5 Å². The highest BCUT2D eigenvalue weighted by molar-refractivity contribution is 6.49. The number of carbonyl (C=O) groups excluding carboxylic acids is 2. The smallest absolute Gasteiger partial charge is 0.229 e. The summed E-state index contributed by atoms with van der Waals surface area (Å²) in [5.74, 6) is 1.49. The zero-order chi connectivity index (χ0) is 13.3. The van der Waals surface area contributed by atoms with E-state index in [4.69, 9.17) is 18.0 Å². The molecule has 0 saturated carbocycles. The highest BCUT2D eigenvalue weighted by Gasteiger charge is 2.32. The Morgan fingerprint density at radius 2 is 2.11 bits per heavy atom. The maximum Gasteiger partial charge on any atom is 0.229 e. The zero-order valence-electron chi connectivity index (χ0n) is 9.58. The van der Waals surface area contributed by atoms with Crippen molar-refractivity contribution >= 4 is 23.2 Å². The number of carbonyl (C=O) groups is 2. The second-order valence-electron chi connectivity index (χ2n) is 3.75. The normalized spacial score (nSPS) is 14.3. The molecule has 1 aromatic heterocycles. The molecule has 0 fully saturated rings. The molecule has 18 heavy (non-hydrogen) atoms. The highest BCUT2D eigenvalue weighted by Crippen LogP contribution is 2.26. The second kappa shape index (κ2) is 4.63. The molecule has 5 heteroatoms. The number of nitrogens with one attached hydrogen (secondary N) is 1. The van der Waals surface area contributed by atoms with Crippen molar-refractivity contribution in [2.75, 3.05) is 6.54 Å². The Balaban J connectivity index is 2.54. The topological polar surface area (TPSA) is 59.1 Å². The Morgan fingerprint density at radius 3 is 2.78 bits per heavy atom. The molecule has 1 aliphatic carbocycles. The van der Waals surface area contributed by atoms with E-state index in [9.17, 15) is 9.59 Å². The summed E-state index contributed by atoms with van der Waals surface area (Å²) in [5.41, 5.74) is 1.01. The van der Waals surface area contributed by atoms with Gasteiger partial charge in [0.1, 0.15) is 16.4 Å². The first kappa shape index (κ1) is 12.3. The van der Waals surface area contributed by atoms with Crippen molar-refractivity contribution in [1.29, 1.82) is 0 Å². The summed E-state index contributed by atoms with van der Waals surface area (Å²) in [4.78, 5) is 28.2. The molecule has 0 aromatic carbocycles. The Bertz CT molecular complexity index is 626. The number of hydrogen-bond donors (Lipinski definition) is 1. The van der Waals surface area contributed by atoms with Gasteiger partial charge in [0.2, 0.25) is 11.6 Å². The average Bonchev–Trinajstić information content (AvgIpc) is 2.36. The fourth-order valence-electron chi connectivity index (χ4n) is 1.66. The summed E-state index contributed by atoms with van der Waals surface area (Å²) in [5, 5.41) is 2.52. The van der Waals surface area contributed by atoms with Crippen molar-refractivity contribution in [3.63, 3.8) is 0 Å². The first-order valence-corrected chi connectivity index (χ1v) is 5.58. The number of terminal acetylenes is 1. The van der Waals surface area contributed by atoms with Crippen LogP contribution in [-0.4, -0.2) is 23.1 Å². The SMILES string of the molecule is C#CCNC1=C(Cl)C(=O)c2ccc(C)nc2C1=O. The van der Waals surface area contributed by atoms with Gasteiger partial charge in [0.05, 0.1) is 12.1 Å². The van der Waals surface area contributed by atoms with E-state index in [2.05, 4.69) is 16.2 Å². The molecule has 0 atom stereocenters. The third-order valence-corrected chi connectivity index (χ3v) is 2.87. The number of hydrogen-bond acceptors (Lipinski definition) is 4. The molecule has 1 aliphatic rings. The van der Waals surface area contributed by atoms with Gasteiger partial charge in [0.25, 0.3) is 0 Å². The van der Waals surface area contributed by atoms with Gasteiger partial charge < -0.3 is 5.32 Å². The van der Waals surface area contributed by atoms with E-state index >= 15 is 0 Å². The average molecular weight is 261 g/mol. The van der Waals surface area contributed by atoms with Crippen LogP contribution in [0.5, 0.6) is 0 Å². The van der Waals surface area contributed by atoms with Gasteiger partial charge in [-0.15, -0.1) is 6.42 Å². The molecular weight excluding hydrogens is 252 g/mol. The van der Waals surface area contributed by atoms with Crippen molar-refractivity contribution in [2.45, 2.75) is 6.92 Å². The van der Waals surface area contributed by atoms with Crippen LogP contribution in [0.2, 0.25) is 0 Å². The minimum absolute atomic E-state index is 0.0187. The molecular formula is C13H9ClN2O2. The van der Waals surface area contributed by atoms with Gasteiger partial charge in [-0.1, -0.05) is 17.5 Å². The predicted molar refractivity (Wildman–Crippen MR) is 67.3 cm³/mol. The summed E-state index contributed by atoms with van der Waals surface area (Å²) < 4.78 is 0. The maximum absolute atomic E-state index is 12.1. The lowest BCUT2D eigenvalue weighted by molar-refractivity contribution is 0.0971. The molecule has 2 rings (SSSR count). The van der Waals surface area contributed by atoms with Crippen LogP contribution in [0.4, 0.5) is 0 Å². The summed E-state index contributed by atoms with van der Waals surface area (Å²) in [6, 6.07) is 3.21. The Labute approximate surface area is 109 Å². The van der Waals surface area contributed by atoms with Crippen LogP contribution in [0.25, 0.3) is 0 Å². The summed E-state index contributed by atoms with van der Waals surface area (Å²) >= 11 is 5.88. The van der Waals surface area contributed by atoms with Gasteiger partial charge in [-0.2, -0.15) is 0 Å². The molecule has 1 aromatic rings. The van der Waals surface area contributed by atoms with E-state index in [0.717, 1.165) is 0 Å². The van der Waals surface area contributed by atoms with Gasteiger partial charge in [-0.05, 0) is 19.1 Å². The van der Waals surface area contributed by atoms with Crippen molar-refractivity contribution < 1.29 is 9.59 Å². The van der Waals surface area contributed by atoms with Crippen LogP contribution < -0.4 is 5.32 Å². The molecule has 1 N–H and O–H groups in total. The van der Waals surface area contributed by atoms with Crippen molar-refractivity contribution in [3.8, 4) is 12.3 Å². The summed E-state index contributed by atoms with van der Waals surface area (Å²) in [7, 11) is 0. The van der Waals surface area contributed by atoms with Crippen LogP contribution >= 0.6 is 11.6 Å². The monoisotopic (exact) mass is 260 g/mol. The Hall–Kier alpha value is -2.12.